The van der Waals surface area contributed by atoms with E-state index in [1.807, 2.05) is 13.8 Å². The summed E-state index contributed by atoms with van der Waals surface area (Å²) in [5.41, 5.74) is -0.782. The Morgan fingerprint density at radius 1 is 1.20 bits per heavy atom. The summed E-state index contributed by atoms with van der Waals surface area (Å²) in [6.07, 6.45) is -5.11. The molecule has 0 unspecified atom stereocenters. The van der Waals surface area contributed by atoms with E-state index in [0.717, 1.165) is 0 Å². The van der Waals surface area contributed by atoms with Gasteiger partial charge < -0.3 is 9.52 Å². The molecule has 0 spiro atoms. The van der Waals surface area contributed by atoms with Crippen LogP contribution in [-0.4, -0.2) is 22.1 Å². The Balaban J connectivity index is 0.000000956. The first-order chi connectivity index (χ1) is 9.39. The van der Waals surface area contributed by atoms with Crippen molar-refractivity contribution < 1.29 is 27.5 Å². The van der Waals surface area contributed by atoms with E-state index < -0.39 is 23.6 Å². The van der Waals surface area contributed by atoms with Crippen molar-refractivity contribution >= 4 is 5.78 Å². The molecule has 108 valence electrons. The summed E-state index contributed by atoms with van der Waals surface area (Å²) in [4.78, 5) is 14.3. The molecular weight excluding hydrogens is 275 g/mol. The van der Waals surface area contributed by atoms with Gasteiger partial charge in [0.25, 0.3) is 5.78 Å². The van der Waals surface area contributed by atoms with E-state index in [2.05, 4.69) is 9.40 Å². The first-order valence-corrected chi connectivity index (χ1v) is 5.76. The van der Waals surface area contributed by atoms with Gasteiger partial charge in [-0.3, -0.25) is 4.79 Å². The number of hydrogen-bond acceptors (Lipinski definition) is 4. The van der Waals surface area contributed by atoms with Crippen LogP contribution in [0.4, 0.5) is 13.2 Å². The van der Waals surface area contributed by atoms with Crippen LogP contribution in [0.15, 0.2) is 34.7 Å². The van der Waals surface area contributed by atoms with Gasteiger partial charge in [-0.1, -0.05) is 32.0 Å². The smallest absolute Gasteiger partial charge is 0.456 e. The molecule has 0 atom stereocenters. The molecule has 20 heavy (non-hydrogen) atoms. The van der Waals surface area contributed by atoms with Gasteiger partial charge in [-0.2, -0.15) is 13.2 Å². The molecular formula is C13H12F3NO3. The Kier molecular flexibility index (Phi) is 4.90. The molecule has 2 rings (SSSR count). The van der Waals surface area contributed by atoms with Crippen LogP contribution in [0.1, 0.15) is 24.3 Å². The number of aromatic nitrogens is 1. The lowest BCUT2D eigenvalue weighted by molar-refractivity contribution is -0.0890. The molecule has 1 heterocycles. The minimum atomic E-state index is -5.11. The Labute approximate surface area is 112 Å². The highest BCUT2D eigenvalue weighted by atomic mass is 19.4. The molecule has 0 fully saturated rings. The van der Waals surface area contributed by atoms with E-state index in [0.29, 0.717) is 5.56 Å². The highest BCUT2D eigenvalue weighted by Gasteiger charge is 2.43. The summed E-state index contributed by atoms with van der Waals surface area (Å²) in [6, 6.07) is 7.96. The molecule has 1 aromatic heterocycles. The third-order valence-corrected chi connectivity index (χ3v) is 2.10. The monoisotopic (exact) mass is 287 g/mol. The van der Waals surface area contributed by atoms with Crippen molar-refractivity contribution in [3.8, 4) is 17.4 Å². The molecule has 0 aliphatic rings. The molecule has 0 saturated carbocycles. The molecule has 0 radical (unpaired) electrons. The van der Waals surface area contributed by atoms with Crippen LogP contribution in [0.5, 0.6) is 5.95 Å². The summed E-state index contributed by atoms with van der Waals surface area (Å²) in [5.74, 6) is -3.64. The Bertz CT molecular complexity index is 576. The highest BCUT2D eigenvalue weighted by molar-refractivity contribution is 6.00. The van der Waals surface area contributed by atoms with Crippen LogP contribution >= 0.6 is 0 Å². The highest BCUT2D eigenvalue weighted by Crippen LogP contribution is 2.30. The Hall–Kier alpha value is -2.31. The van der Waals surface area contributed by atoms with Crippen LogP contribution in [0.25, 0.3) is 11.5 Å². The lowest BCUT2D eigenvalue weighted by Crippen LogP contribution is -2.23. The zero-order valence-electron chi connectivity index (χ0n) is 10.7. The van der Waals surface area contributed by atoms with Crippen molar-refractivity contribution in [2.75, 3.05) is 0 Å². The number of alkyl halides is 3. The fourth-order valence-corrected chi connectivity index (χ4v) is 1.30. The summed E-state index contributed by atoms with van der Waals surface area (Å²) in [6.45, 7) is 4.00. The molecule has 2 aromatic rings. The zero-order chi connectivity index (χ0) is 15.3. The predicted octanol–water partition coefficient (Wildman–Crippen LogP) is 3.82. The molecule has 0 saturated heterocycles. The molecule has 0 bridgehead atoms. The standard InChI is InChI=1S/C11H6F3NO3.C2H6/c12-11(13,14)8(16)7-10(17)18-9(15-7)6-4-2-1-3-5-6;1-2/h1-5,17H;1-2H3. The SMILES string of the molecule is CC.O=C(c1nc(-c2ccccc2)oc1O)C(F)(F)F. The van der Waals surface area contributed by atoms with Crippen molar-refractivity contribution in [2.45, 2.75) is 20.0 Å². The number of carbonyl (C=O) groups excluding carboxylic acids is 1. The van der Waals surface area contributed by atoms with Crippen molar-refractivity contribution in [1.29, 1.82) is 0 Å². The molecule has 7 heteroatoms. The summed E-state index contributed by atoms with van der Waals surface area (Å²) in [5, 5.41) is 9.18. The van der Waals surface area contributed by atoms with Crippen molar-refractivity contribution in [3.63, 3.8) is 0 Å². The predicted molar refractivity (Wildman–Crippen MR) is 65.3 cm³/mol. The number of Topliss-reactive ketones (excluding diaryl/α,β-unsaturated/α-hetero) is 1. The number of ketones is 1. The fraction of sp³-hybridized carbons (Fsp3) is 0.231. The summed E-state index contributed by atoms with van der Waals surface area (Å²) >= 11 is 0. The van der Waals surface area contributed by atoms with Crippen molar-refractivity contribution in [3.05, 3.63) is 36.0 Å². The number of nitrogens with zero attached hydrogens (tertiary/aromatic N) is 1. The molecule has 0 aliphatic heterocycles. The number of benzene rings is 1. The lowest BCUT2D eigenvalue weighted by atomic mass is 10.2. The van der Waals surface area contributed by atoms with Crippen LogP contribution < -0.4 is 0 Å². The maximum atomic E-state index is 12.2. The quantitative estimate of drug-likeness (QED) is 0.853. The van der Waals surface area contributed by atoms with Gasteiger partial charge in [0.1, 0.15) is 0 Å². The fourth-order valence-electron chi connectivity index (χ4n) is 1.30. The first kappa shape index (κ1) is 15.7. The Morgan fingerprint density at radius 2 is 1.75 bits per heavy atom. The second-order valence-corrected chi connectivity index (χ2v) is 3.37. The van der Waals surface area contributed by atoms with Crippen molar-refractivity contribution in [2.24, 2.45) is 0 Å². The average Bonchev–Trinajstić information content (AvgIpc) is 2.82. The topological polar surface area (TPSA) is 63.3 Å². The second kappa shape index (κ2) is 6.23. The van der Waals surface area contributed by atoms with Crippen LogP contribution in [0.2, 0.25) is 0 Å². The zero-order valence-corrected chi connectivity index (χ0v) is 10.7. The average molecular weight is 287 g/mol. The minimum Gasteiger partial charge on any atom is -0.479 e. The molecule has 0 aliphatic carbocycles. The minimum absolute atomic E-state index is 0.249. The molecule has 0 amide bonds. The number of hydrogen-bond donors (Lipinski definition) is 1. The Morgan fingerprint density at radius 3 is 2.25 bits per heavy atom. The number of rotatable bonds is 2. The van der Waals surface area contributed by atoms with Gasteiger partial charge in [-0.15, -0.1) is 0 Å². The van der Waals surface area contributed by atoms with Gasteiger partial charge in [0.05, 0.1) is 0 Å². The third-order valence-electron chi connectivity index (χ3n) is 2.10. The van der Waals surface area contributed by atoms with E-state index in [1.54, 1.807) is 18.2 Å². The first-order valence-electron chi connectivity index (χ1n) is 5.76. The third kappa shape index (κ3) is 3.37. The van der Waals surface area contributed by atoms with Crippen LogP contribution in [0, 0.1) is 0 Å². The maximum Gasteiger partial charge on any atom is 0.456 e. The van der Waals surface area contributed by atoms with Crippen molar-refractivity contribution in [1.82, 2.24) is 4.98 Å². The number of aromatic hydroxyl groups is 1. The number of oxazole rings is 1. The van der Waals surface area contributed by atoms with E-state index in [4.69, 9.17) is 0 Å². The largest absolute Gasteiger partial charge is 0.479 e. The van der Waals surface area contributed by atoms with Gasteiger partial charge in [-0.25, -0.2) is 4.98 Å². The lowest BCUT2D eigenvalue weighted by Gasteiger charge is -2.00. The van der Waals surface area contributed by atoms with E-state index in [1.165, 1.54) is 12.1 Å². The van der Waals surface area contributed by atoms with Gasteiger partial charge >= 0.3 is 12.1 Å². The number of halogens is 3. The van der Waals surface area contributed by atoms with Gasteiger partial charge in [0.2, 0.25) is 11.6 Å². The molecule has 1 N–H and O–H groups in total. The van der Waals surface area contributed by atoms with E-state index in [-0.39, 0.29) is 5.89 Å². The van der Waals surface area contributed by atoms with Gasteiger partial charge in [0.15, 0.2) is 0 Å². The number of carbonyl (C=O) groups is 1. The van der Waals surface area contributed by atoms with E-state index in [9.17, 15) is 23.1 Å². The summed E-state index contributed by atoms with van der Waals surface area (Å²) in [7, 11) is 0. The second-order valence-electron chi connectivity index (χ2n) is 3.37. The van der Waals surface area contributed by atoms with Crippen LogP contribution in [0.3, 0.4) is 0 Å². The van der Waals surface area contributed by atoms with Gasteiger partial charge in [-0.05, 0) is 12.1 Å². The summed E-state index contributed by atoms with van der Waals surface area (Å²) < 4.78 is 41.2. The van der Waals surface area contributed by atoms with Crippen LogP contribution in [-0.2, 0) is 0 Å². The van der Waals surface area contributed by atoms with E-state index >= 15 is 0 Å². The van der Waals surface area contributed by atoms with Gasteiger partial charge in [0, 0.05) is 5.56 Å². The molecule has 4 nitrogen and oxygen atoms in total. The molecule has 1 aromatic carbocycles. The normalized spacial score (nSPS) is 10.7. The maximum absolute atomic E-state index is 12.2.